The van der Waals surface area contributed by atoms with Crippen LogP contribution < -0.4 is 20.3 Å². The van der Waals surface area contributed by atoms with Crippen LogP contribution in [0.15, 0.2) is 67.0 Å². The molecule has 0 radical (unpaired) electrons. The number of thiocarbonyl (C=S) groups is 1. The van der Waals surface area contributed by atoms with Crippen LogP contribution in [0.4, 0.5) is 11.4 Å². The molecule has 5 rings (SSSR count). The molecule has 4 aromatic rings. The van der Waals surface area contributed by atoms with Gasteiger partial charge in [-0.15, -0.1) is 0 Å². The summed E-state index contributed by atoms with van der Waals surface area (Å²) in [6.07, 6.45) is 3.68. The summed E-state index contributed by atoms with van der Waals surface area (Å²) in [5, 5.41) is 7.11. The van der Waals surface area contributed by atoms with E-state index in [0.29, 0.717) is 16.5 Å². The molecule has 2 N–H and O–H groups in total. The average Bonchev–Trinajstić information content (AvgIpc) is 3.44. The zero-order valence-electron chi connectivity index (χ0n) is 24.5. The molecule has 2 unspecified atom stereocenters. The van der Waals surface area contributed by atoms with Crippen LogP contribution in [0.3, 0.4) is 0 Å². The number of hydrogen-bond acceptors (Lipinski definition) is 5. The van der Waals surface area contributed by atoms with Gasteiger partial charge in [-0.05, 0) is 80.5 Å². The molecule has 0 aliphatic carbocycles. The number of methoxy groups -OCH3 is 1. The molecule has 8 nitrogen and oxygen atoms in total. The summed E-state index contributed by atoms with van der Waals surface area (Å²) in [5.74, 6) is 1.33. The van der Waals surface area contributed by atoms with Crippen molar-refractivity contribution in [3.8, 4) is 11.6 Å². The Hall–Kier alpha value is -4.24. The van der Waals surface area contributed by atoms with Gasteiger partial charge in [0.05, 0.1) is 30.6 Å². The molecule has 2 atom stereocenters. The Balaban J connectivity index is 1.62. The first-order chi connectivity index (χ1) is 19.5. The maximum absolute atomic E-state index is 12.7. The Morgan fingerprint density at radius 1 is 1.05 bits per heavy atom. The van der Waals surface area contributed by atoms with Crippen LogP contribution in [0.2, 0.25) is 0 Å². The number of carbonyl (C=O) groups excluding carboxylic acids is 1. The van der Waals surface area contributed by atoms with Crippen molar-refractivity contribution in [1.29, 1.82) is 0 Å². The first kappa shape index (κ1) is 28.3. The van der Waals surface area contributed by atoms with Crippen molar-refractivity contribution in [2.75, 3.05) is 17.3 Å². The molecule has 41 heavy (non-hydrogen) atoms. The Labute approximate surface area is 246 Å². The standard InChI is InChI=1S/C32H36N6O2S/c1-19-11-14-27(34-18-19)37-20(2)16-23(21(37)3)29-28(25-10-8-9-15-33-25)36-31(41)38(29)22-12-13-24(26(17-22)40-7)35-30(39)32(4,5)6/h8-18,28-29H,1-7H3,(H,35,39)(H,36,41). The zero-order chi connectivity index (χ0) is 29.5. The Morgan fingerprint density at radius 3 is 2.46 bits per heavy atom. The van der Waals surface area contributed by atoms with Crippen LogP contribution in [-0.2, 0) is 4.79 Å². The summed E-state index contributed by atoms with van der Waals surface area (Å²) < 4.78 is 7.91. The van der Waals surface area contributed by atoms with Gasteiger partial charge in [0.15, 0.2) is 5.11 Å². The molecular formula is C32H36N6O2S. The van der Waals surface area contributed by atoms with E-state index < -0.39 is 5.41 Å². The molecule has 1 aliphatic rings. The van der Waals surface area contributed by atoms with Gasteiger partial charge in [0, 0.05) is 41.0 Å². The number of nitrogens with one attached hydrogen (secondary N) is 2. The molecule has 1 amide bonds. The lowest BCUT2D eigenvalue weighted by molar-refractivity contribution is -0.123. The second-order valence-electron chi connectivity index (χ2n) is 11.4. The summed E-state index contributed by atoms with van der Waals surface area (Å²) in [6.45, 7) is 11.9. The molecule has 4 heterocycles. The van der Waals surface area contributed by atoms with E-state index >= 15 is 0 Å². The highest BCUT2D eigenvalue weighted by Gasteiger charge is 2.42. The van der Waals surface area contributed by atoms with Crippen molar-refractivity contribution >= 4 is 34.6 Å². The minimum Gasteiger partial charge on any atom is -0.494 e. The van der Waals surface area contributed by atoms with E-state index in [2.05, 4.69) is 51.1 Å². The smallest absolute Gasteiger partial charge is 0.229 e. The van der Waals surface area contributed by atoms with Crippen molar-refractivity contribution < 1.29 is 9.53 Å². The zero-order valence-corrected chi connectivity index (χ0v) is 25.3. The molecule has 3 aromatic heterocycles. The Bertz CT molecular complexity index is 1590. The molecule has 0 spiro atoms. The lowest BCUT2D eigenvalue weighted by Gasteiger charge is -2.29. The second-order valence-corrected chi connectivity index (χ2v) is 11.8. The maximum Gasteiger partial charge on any atom is 0.229 e. The largest absolute Gasteiger partial charge is 0.494 e. The third kappa shape index (κ3) is 5.41. The fraction of sp³-hybridized carbons (Fsp3) is 0.312. The van der Waals surface area contributed by atoms with E-state index in [9.17, 15) is 4.79 Å². The monoisotopic (exact) mass is 568 g/mol. The first-order valence-corrected chi connectivity index (χ1v) is 14.0. The van der Waals surface area contributed by atoms with E-state index in [1.54, 1.807) is 13.3 Å². The maximum atomic E-state index is 12.7. The van der Waals surface area contributed by atoms with Gasteiger partial charge in [-0.1, -0.05) is 32.9 Å². The molecule has 0 bridgehead atoms. The van der Waals surface area contributed by atoms with E-state index in [1.165, 1.54) is 0 Å². The van der Waals surface area contributed by atoms with Crippen molar-refractivity contribution in [3.05, 3.63) is 95.2 Å². The molecule has 0 saturated carbocycles. The third-order valence-electron chi connectivity index (χ3n) is 7.40. The molecule has 212 valence electrons. The minimum absolute atomic E-state index is 0.0906. The van der Waals surface area contributed by atoms with Gasteiger partial charge < -0.3 is 24.8 Å². The second kappa shape index (κ2) is 11.0. The number of anilines is 2. The van der Waals surface area contributed by atoms with Gasteiger partial charge in [0.25, 0.3) is 0 Å². The van der Waals surface area contributed by atoms with Gasteiger partial charge in [-0.25, -0.2) is 4.98 Å². The molecule has 1 aliphatic heterocycles. The fourth-order valence-corrected chi connectivity index (χ4v) is 5.57. The van der Waals surface area contributed by atoms with Crippen LogP contribution in [0.25, 0.3) is 5.82 Å². The van der Waals surface area contributed by atoms with E-state index in [0.717, 1.165) is 39.7 Å². The van der Waals surface area contributed by atoms with Crippen LogP contribution in [-0.4, -0.2) is 32.7 Å². The first-order valence-electron chi connectivity index (χ1n) is 13.6. The van der Waals surface area contributed by atoms with Crippen molar-refractivity contribution in [2.24, 2.45) is 5.41 Å². The number of rotatable bonds is 6. The highest BCUT2D eigenvalue weighted by molar-refractivity contribution is 7.80. The number of aryl methyl sites for hydroxylation is 2. The summed E-state index contributed by atoms with van der Waals surface area (Å²) in [7, 11) is 1.60. The lowest BCUT2D eigenvalue weighted by atomic mass is 9.95. The SMILES string of the molecule is COc1cc(N2C(=S)NC(c3ccccn3)C2c2cc(C)n(-c3ccc(C)cn3)c2C)ccc1NC(=O)C(C)(C)C. The lowest BCUT2D eigenvalue weighted by Crippen LogP contribution is -2.30. The normalized spacial score (nSPS) is 17.0. The van der Waals surface area contributed by atoms with Crippen LogP contribution in [0.1, 0.15) is 61.1 Å². The summed E-state index contributed by atoms with van der Waals surface area (Å²) in [6, 6.07) is 17.6. The minimum atomic E-state index is -0.542. The summed E-state index contributed by atoms with van der Waals surface area (Å²) >= 11 is 5.96. The fourth-order valence-electron chi connectivity index (χ4n) is 5.22. The van der Waals surface area contributed by atoms with Crippen molar-refractivity contribution in [1.82, 2.24) is 19.9 Å². The summed E-state index contributed by atoms with van der Waals surface area (Å²) in [5.41, 5.74) is 6.16. The van der Waals surface area contributed by atoms with Gasteiger partial charge >= 0.3 is 0 Å². The molecular weight excluding hydrogens is 532 g/mol. The average molecular weight is 569 g/mol. The van der Waals surface area contributed by atoms with Crippen LogP contribution >= 0.6 is 12.2 Å². The number of pyridine rings is 2. The topological polar surface area (TPSA) is 84.3 Å². The third-order valence-corrected chi connectivity index (χ3v) is 7.72. The molecule has 9 heteroatoms. The van der Waals surface area contributed by atoms with Crippen molar-refractivity contribution in [2.45, 2.75) is 53.6 Å². The van der Waals surface area contributed by atoms with Crippen LogP contribution in [0, 0.1) is 26.2 Å². The quantitative estimate of drug-likeness (QED) is 0.262. The number of benzene rings is 1. The van der Waals surface area contributed by atoms with Crippen molar-refractivity contribution in [3.63, 3.8) is 0 Å². The highest BCUT2D eigenvalue weighted by atomic mass is 32.1. The number of amides is 1. The number of hydrogen-bond donors (Lipinski definition) is 2. The van der Waals surface area contributed by atoms with Gasteiger partial charge in [-0.2, -0.15) is 0 Å². The predicted molar refractivity (Wildman–Crippen MR) is 167 cm³/mol. The molecule has 1 fully saturated rings. The Morgan fingerprint density at radius 2 is 1.83 bits per heavy atom. The number of ether oxygens (including phenoxy) is 1. The number of nitrogens with zero attached hydrogens (tertiary/aromatic N) is 4. The predicted octanol–water partition coefficient (Wildman–Crippen LogP) is 6.36. The summed E-state index contributed by atoms with van der Waals surface area (Å²) in [4.78, 5) is 24.2. The van der Waals surface area contributed by atoms with Gasteiger partial charge in [0.1, 0.15) is 11.6 Å². The van der Waals surface area contributed by atoms with Gasteiger partial charge in [0.2, 0.25) is 5.91 Å². The van der Waals surface area contributed by atoms with E-state index in [1.807, 2.05) is 76.4 Å². The van der Waals surface area contributed by atoms with Crippen LogP contribution in [0.5, 0.6) is 5.75 Å². The molecule has 1 saturated heterocycles. The highest BCUT2D eigenvalue weighted by Crippen LogP contribution is 2.45. The van der Waals surface area contributed by atoms with E-state index in [4.69, 9.17) is 21.9 Å². The Kier molecular flexibility index (Phi) is 7.57. The van der Waals surface area contributed by atoms with E-state index in [-0.39, 0.29) is 18.0 Å². The number of aromatic nitrogens is 3. The molecule has 1 aromatic carbocycles. The number of carbonyl (C=O) groups is 1. The van der Waals surface area contributed by atoms with Gasteiger partial charge in [-0.3, -0.25) is 9.78 Å².